The molecule has 154 valence electrons. The third-order valence-corrected chi connectivity index (χ3v) is 5.18. The first kappa shape index (κ1) is 20.8. The number of aryl methyl sites for hydroxylation is 1. The van der Waals surface area contributed by atoms with Crippen molar-refractivity contribution >= 4 is 0 Å². The van der Waals surface area contributed by atoms with Gasteiger partial charge in [-0.1, -0.05) is 25.0 Å². The van der Waals surface area contributed by atoms with Crippen LogP contribution in [0.25, 0.3) is 0 Å². The Balaban J connectivity index is 1.39. The van der Waals surface area contributed by atoms with Crippen LogP contribution < -0.4 is 10.1 Å². The van der Waals surface area contributed by atoms with E-state index in [-0.39, 0.29) is 0 Å². The van der Waals surface area contributed by atoms with E-state index in [0.717, 1.165) is 38.5 Å². The van der Waals surface area contributed by atoms with Gasteiger partial charge in [0.1, 0.15) is 18.5 Å². The fraction of sp³-hybridized carbons (Fsp3) is 0.591. The van der Waals surface area contributed by atoms with Crippen LogP contribution in [-0.2, 0) is 19.6 Å². The summed E-state index contributed by atoms with van der Waals surface area (Å²) in [7, 11) is 0. The molecule has 0 unspecified atom stereocenters. The molecule has 0 amide bonds. The monoisotopic (exact) mass is 386 g/mol. The minimum atomic E-state index is -0.449. The number of hydrogen-bond acceptors (Lipinski definition) is 5. The topological polar surface area (TPSA) is 62.6 Å². The van der Waals surface area contributed by atoms with Crippen molar-refractivity contribution in [2.24, 2.45) is 0 Å². The number of benzene rings is 1. The highest BCUT2D eigenvalue weighted by Crippen LogP contribution is 2.15. The summed E-state index contributed by atoms with van der Waals surface area (Å²) in [5.41, 5.74) is 2.35. The fourth-order valence-corrected chi connectivity index (χ4v) is 3.63. The van der Waals surface area contributed by atoms with Gasteiger partial charge in [0.25, 0.3) is 0 Å². The van der Waals surface area contributed by atoms with Crippen LogP contribution in [0.15, 0.2) is 36.7 Å². The smallest absolute Gasteiger partial charge is 0.119 e. The molecule has 1 atom stereocenters. The first-order valence-corrected chi connectivity index (χ1v) is 10.6. The zero-order valence-electron chi connectivity index (χ0n) is 17.0. The van der Waals surface area contributed by atoms with Gasteiger partial charge < -0.3 is 20.1 Å². The Morgan fingerprint density at radius 3 is 2.68 bits per heavy atom. The normalized spacial score (nSPS) is 16.6. The molecule has 0 radical (unpaired) electrons. The first-order chi connectivity index (χ1) is 13.7. The van der Waals surface area contributed by atoms with Gasteiger partial charge in [-0.3, -0.25) is 4.68 Å². The summed E-state index contributed by atoms with van der Waals surface area (Å²) in [5, 5.41) is 18.1. The zero-order valence-corrected chi connectivity index (χ0v) is 17.0. The second kappa shape index (κ2) is 11.2. The largest absolute Gasteiger partial charge is 0.491 e. The van der Waals surface area contributed by atoms with Gasteiger partial charge in [-0.05, 0) is 50.6 Å². The second-order valence-corrected chi connectivity index (χ2v) is 7.63. The summed E-state index contributed by atoms with van der Waals surface area (Å²) >= 11 is 0. The van der Waals surface area contributed by atoms with Crippen LogP contribution >= 0.6 is 0 Å². The van der Waals surface area contributed by atoms with Gasteiger partial charge >= 0.3 is 0 Å². The number of nitrogens with one attached hydrogen (secondary N) is 1. The lowest BCUT2D eigenvalue weighted by molar-refractivity contribution is 0.0693. The molecule has 0 saturated carbocycles. The first-order valence-electron chi connectivity index (χ1n) is 10.6. The number of aromatic nitrogens is 2. The summed E-state index contributed by atoms with van der Waals surface area (Å²) in [6.45, 7) is 7.76. The Bertz CT molecular complexity index is 695. The summed E-state index contributed by atoms with van der Waals surface area (Å²) in [4.78, 5) is 2.36. The summed E-state index contributed by atoms with van der Waals surface area (Å²) in [6.07, 6.45) is 8.62. The maximum atomic E-state index is 10.3. The Labute approximate surface area is 168 Å². The molecule has 2 N–H and O–H groups in total. The molecule has 2 aromatic rings. The van der Waals surface area contributed by atoms with E-state index in [4.69, 9.17) is 4.74 Å². The minimum Gasteiger partial charge on any atom is -0.491 e. The van der Waals surface area contributed by atoms with Crippen LogP contribution in [0.2, 0.25) is 0 Å². The molecular formula is C22H34N4O2. The third-order valence-electron chi connectivity index (χ3n) is 5.18. The molecule has 1 aromatic heterocycles. The van der Waals surface area contributed by atoms with E-state index in [1.165, 1.54) is 36.8 Å². The van der Waals surface area contributed by atoms with Crippen LogP contribution in [0, 0.1) is 0 Å². The Morgan fingerprint density at radius 2 is 1.93 bits per heavy atom. The highest BCUT2D eigenvalue weighted by Gasteiger charge is 2.14. The van der Waals surface area contributed by atoms with Crippen LogP contribution in [0.5, 0.6) is 5.75 Å². The molecule has 0 bridgehead atoms. The van der Waals surface area contributed by atoms with Crippen molar-refractivity contribution in [3.8, 4) is 5.75 Å². The number of nitrogens with zero attached hydrogens (tertiary/aromatic N) is 3. The highest BCUT2D eigenvalue weighted by molar-refractivity contribution is 5.28. The van der Waals surface area contributed by atoms with Crippen molar-refractivity contribution < 1.29 is 9.84 Å². The lowest BCUT2D eigenvalue weighted by atomic mass is 10.2. The maximum Gasteiger partial charge on any atom is 0.119 e. The third kappa shape index (κ3) is 6.93. The number of rotatable bonds is 10. The predicted octanol–water partition coefficient (Wildman–Crippen LogP) is 2.81. The standard InChI is InChI=1S/C22H34N4O2/c1-2-26-16-20(15-24-26)14-23-13-19-8-7-9-22(12-19)28-18-21(27)17-25-10-5-3-4-6-11-25/h7-9,12,15-16,21,23,27H,2-6,10-11,13-14,17-18H2,1H3/t21-/m0/s1. The molecule has 1 aliphatic heterocycles. The van der Waals surface area contributed by atoms with E-state index < -0.39 is 6.10 Å². The van der Waals surface area contributed by atoms with Gasteiger partial charge in [-0.15, -0.1) is 0 Å². The van der Waals surface area contributed by atoms with Crippen molar-refractivity contribution in [3.63, 3.8) is 0 Å². The van der Waals surface area contributed by atoms with Gasteiger partial charge in [0.2, 0.25) is 0 Å². The SMILES string of the molecule is CCn1cc(CNCc2cccc(OC[C@@H](O)CN3CCCCCC3)c2)cn1. The number of aliphatic hydroxyl groups excluding tert-OH is 1. The van der Waals surface area contributed by atoms with Crippen molar-refractivity contribution in [1.29, 1.82) is 0 Å². The lowest BCUT2D eigenvalue weighted by Crippen LogP contribution is -2.36. The van der Waals surface area contributed by atoms with E-state index >= 15 is 0 Å². The van der Waals surface area contributed by atoms with E-state index in [1.807, 2.05) is 29.1 Å². The number of likely N-dealkylation sites (tertiary alicyclic amines) is 1. The molecule has 6 heteroatoms. The van der Waals surface area contributed by atoms with Crippen molar-refractivity contribution in [2.75, 3.05) is 26.2 Å². The van der Waals surface area contributed by atoms with Gasteiger partial charge in [-0.25, -0.2) is 0 Å². The second-order valence-electron chi connectivity index (χ2n) is 7.63. The van der Waals surface area contributed by atoms with E-state index in [2.05, 4.69) is 34.5 Å². The quantitative estimate of drug-likeness (QED) is 0.657. The Kier molecular flexibility index (Phi) is 8.33. The van der Waals surface area contributed by atoms with E-state index in [1.54, 1.807) is 0 Å². The number of aliphatic hydroxyl groups is 1. The maximum absolute atomic E-state index is 10.3. The van der Waals surface area contributed by atoms with E-state index in [0.29, 0.717) is 13.2 Å². The number of ether oxygens (including phenoxy) is 1. The van der Waals surface area contributed by atoms with Crippen molar-refractivity contribution in [3.05, 3.63) is 47.8 Å². The summed E-state index contributed by atoms with van der Waals surface area (Å²) in [5.74, 6) is 0.813. The van der Waals surface area contributed by atoms with Gasteiger partial charge in [0.15, 0.2) is 0 Å². The van der Waals surface area contributed by atoms with Crippen LogP contribution in [0.4, 0.5) is 0 Å². The van der Waals surface area contributed by atoms with Gasteiger partial charge in [-0.2, -0.15) is 5.10 Å². The highest BCUT2D eigenvalue weighted by atomic mass is 16.5. The molecular weight excluding hydrogens is 352 g/mol. The van der Waals surface area contributed by atoms with Crippen LogP contribution in [0.3, 0.4) is 0 Å². The molecule has 0 aliphatic carbocycles. The van der Waals surface area contributed by atoms with Gasteiger partial charge in [0, 0.05) is 37.9 Å². The zero-order chi connectivity index (χ0) is 19.6. The molecule has 1 fully saturated rings. The van der Waals surface area contributed by atoms with Crippen LogP contribution in [-0.4, -0.2) is 52.1 Å². The molecule has 1 aromatic carbocycles. The van der Waals surface area contributed by atoms with Crippen molar-refractivity contribution in [2.45, 2.75) is 58.3 Å². The summed E-state index contributed by atoms with van der Waals surface area (Å²) < 4.78 is 7.78. The molecule has 0 spiro atoms. The fourth-order valence-electron chi connectivity index (χ4n) is 3.63. The molecule has 3 rings (SSSR count). The molecule has 1 saturated heterocycles. The number of β-amino-alcohol motifs (C(OH)–C–C–N with tert-alkyl or cyclic N) is 1. The molecule has 1 aliphatic rings. The van der Waals surface area contributed by atoms with Crippen molar-refractivity contribution in [1.82, 2.24) is 20.0 Å². The Hall–Kier alpha value is -1.89. The Morgan fingerprint density at radius 1 is 1.14 bits per heavy atom. The average molecular weight is 387 g/mol. The average Bonchev–Trinajstić information content (AvgIpc) is 3.02. The molecule has 28 heavy (non-hydrogen) atoms. The number of hydrogen-bond donors (Lipinski definition) is 2. The predicted molar refractivity (Wildman–Crippen MR) is 111 cm³/mol. The van der Waals surface area contributed by atoms with Gasteiger partial charge in [0.05, 0.1) is 6.20 Å². The lowest BCUT2D eigenvalue weighted by Gasteiger charge is -2.23. The summed E-state index contributed by atoms with van der Waals surface area (Å²) in [6, 6.07) is 8.08. The molecule has 2 heterocycles. The minimum absolute atomic E-state index is 0.337. The molecule has 6 nitrogen and oxygen atoms in total. The van der Waals surface area contributed by atoms with E-state index in [9.17, 15) is 5.11 Å². The van der Waals surface area contributed by atoms with Crippen LogP contribution in [0.1, 0.15) is 43.7 Å².